The minimum absolute atomic E-state index is 0.000463. The van der Waals surface area contributed by atoms with Gasteiger partial charge in [-0.25, -0.2) is 0 Å². The molecule has 1 fully saturated rings. The summed E-state index contributed by atoms with van der Waals surface area (Å²) < 4.78 is 0. The molecule has 2 aliphatic rings. The lowest BCUT2D eigenvalue weighted by atomic mass is 10.0. The average Bonchev–Trinajstić information content (AvgIpc) is 2.96. The second-order valence-electron chi connectivity index (χ2n) is 4.97. The van der Waals surface area contributed by atoms with E-state index in [1.807, 2.05) is 30.3 Å². The van der Waals surface area contributed by atoms with Gasteiger partial charge >= 0.3 is 0 Å². The molecule has 1 aromatic carbocycles. The van der Waals surface area contributed by atoms with Crippen LogP contribution in [0.4, 0.5) is 0 Å². The van der Waals surface area contributed by atoms with Gasteiger partial charge in [0, 0.05) is 6.04 Å². The normalized spacial score (nSPS) is 23.8. The third-order valence-corrected chi connectivity index (χ3v) is 3.71. The van der Waals surface area contributed by atoms with Crippen LogP contribution >= 0.6 is 0 Å². The number of hydrogen-bond acceptors (Lipinski definition) is 2. The van der Waals surface area contributed by atoms with Gasteiger partial charge in [0.15, 0.2) is 0 Å². The predicted octanol–water partition coefficient (Wildman–Crippen LogP) is 1.40. The third kappa shape index (κ3) is 2.26. The molecule has 1 saturated heterocycles. The van der Waals surface area contributed by atoms with Gasteiger partial charge in [-0.2, -0.15) is 0 Å². The molecule has 1 aromatic rings. The number of amides is 2. The van der Waals surface area contributed by atoms with E-state index in [1.54, 1.807) is 4.90 Å². The maximum absolute atomic E-state index is 12.5. The van der Waals surface area contributed by atoms with Gasteiger partial charge in [0.25, 0.3) is 5.91 Å². The molecule has 0 radical (unpaired) electrons. The summed E-state index contributed by atoms with van der Waals surface area (Å²) in [5.41, 5.74) is 0.844. The molecule has 1 heterocycles. The van der Waals surface area contributed by atoms with E-state index < -0.39 is 6.04 Å². The number of nitrogens with one attached hydrogen (secondary N) is 1. The van der Waals surface area contributed by atoms with E-state index in [4.69, 9.17) is 0 Å². The predicted molar refractivity (Wildman–Crippen MR) is 71.2 cm³/mol. The fourth-order valence-electron chi connectivity index (χ4n) is 2.70. The van der Waals surface area contributed by atoms with Crippen molar-refractivity contribution in [2.45, 2.75) is 24.9 Å². The lowest BCUT2D eigenvalue weighted by molar-refractivity contribution is -0.146. The largest absolute Gasteiger partial charge is 0.339 e. The summed E-state index contributed by atoms with van der Waals surface area (Å²) in [5.74, 6) is -0.0835. The summed E-state index contributed by atoms with van der Waals surface area (Å²) >= 11 is 0. The van der Waals surface area contributed by atoms with Crippen LogP contribution in [0.3, 0.4) is 0 Å². The molecule has 3 rings (SSSR count). The molecule has 19 heavy (non-hydrogen) atoms. The lowest BCUT2D eigenvalue weighted by Crippen LogP contribution is -2.56. The Kier molecular flexibility index (Phi) is 3.07. The van der Waals surface area contributed by atoms with Crippen LogP contribution in [0.25, 0.3) is 0 Å². The topological polar surface area (TPSA) is 49.4 Å². The Morgan fingerprint density at radius 1 is 1.05 bits per heavy atom. The van der Waals surface area contributed by atoms with Gasteiger partial charge < -0.3 is 10.2 Å². The van der Waals surface area contributed by atoms with Gasteiger partial charge in [0.05, 0.1) is 6.54 Å². The summed E-state index contributed by atoms with van der Waals surface area (Å²) in [5, 5.41) is 2.79. The van der Waals surface area contributed by atoms with Crippen molar-refractivity contribution in [1.29, 1.82) is 0 Å². The van der Waals surface area contributed by atoms with Gasteiger partial charge in [-0.15, -0.1) is 0 Å². The molecule has 0 aromatic heterocycles. The number of rotatable bonds is 2. The Morgan fingerprint density at radius 3 is 2.42 bits per heavy atom. The second-order valence-corrected chi connectivity index (χ2v) is 4.97. The molecular formula is C15H16N2O2. The van der Waals surface area contributed by atoms with Crippen molar-refractivity contribution in [2.24, 2.45) is 0 Å². The van der Waals surface area contributed by atoms with Crippen molar-refractivity contribution in [2.75, 3.05) is 6.54 Å². The van der Waals surface area contributed by atoms with Gasteiger partial charge in [0.2, 0.25) is 5.91 Å². The molecule has 1 unspecified atom stereocenters. The summed E-state index contributed by atoms with van der Waals surface area (Å²) in [6.07, 6.45) is 5.84. The minimum atomic E-state index is -0.539. The van der Waals surface area contributed by atoms with Crippen molar-refractivity contribution in [3.05, 3.63) is 48.0 Å². The lowest BCUT2D eigenvalue weighted by Gasteiger charge is -2.36. The molecule has 4 nitrogen and oxygen atoms in total. The van der Waals surface area contributed by atoms with Crippen LogP contribution in [0.5, 0.6) is 0 Å². The summed E-state index contributed by atoms with van der Waals surface area (Å²) in [6, 6.07) is 9.01. The summed E-state index contributed by atoms with van der Waals surface area (Å²) in [7, 11) is 0. The highest BCUT2D eigenvalue weighted by Crippen LogP contribution is 2.25. The van der Waals surface area contributed by atoms with E-state index >= 15 is 0 Å². The highest BCUT2D eigenvalue weighted by molar-refractivity contribution is 5.95. The smallest absolute Gasteiger partial charge is 0.250 e. The Labute approximate surface area is 112 Å². The van der Waals surface area contributed by atoms with Gasteiger partial charge in [-0.3, -0.25) is 9.59 Å². The molecule has 1 aliphatic carbocycles. The van der Waals surface area contributed by atoms with E-state index in [0.717, 1.165) is 18.4 Å². The van der Waals surface area contributed by atoms with Crippen LogP contribution in [-0.2, 0) is 9.59 Å². The van der Waals surface area contributed by atoms with Crippen LogP contribution in [0.1, 0.15) is 24.4 Å². The first-order chi connectivity index (χ1) is 9.25. The SMILES string of the molecule is O=C1CN(C2CC=CC2)C(=O)C(c2ccccc2)N1. The van der Waals surface area contributed by atoms with Crippen molar-refractivity contribution < 1.29 is 9.59 Å². The van der Waals surface area contributed by atoms with Crippen molar-refractivity contribution in [3.8, 4) is 0 Å². The van der Waals surface area contributed by atoms with Crippen molar-refractivity contribution >= 4 is 11.8 Å². The van der Waals surface area contributed by atoms with E-state index in [2.05, 4.69) is 17.5 Å². The zero-order valence-corrected chi connectivity index (χ0v) is 10.6. The highest BCUT2D eigenvalue weighted by Gasteiger charge is 2.37. The fourth-order valence-corrected chi connectivity index (χ4v) is 2.70. The molecule has 0 bridgehead atoms. The van der Waals surface area contributed by atoms with Crippen LogP contribution < -0.4 is 5.32 Å². The maximum Gasteiger partial charge on any atom is 0.250 e. The van der Waals surface area contributed by atoms with Gasteiger partial charge in [0.1, 0.15) is 6.04 Å². The number of carbonyl (C=O) groups excluding carboxylic acids is 2. The van der Waals surface area contributed by atoms with Gasteiger partial charge in [-0.1, -0.05) is 42.5 Å². The number of piperazine rings is 1. The molecule has 2 amide bonds. The van der Waals surface area contributed by atoms with Crippen LogP contribution in [0.15, 0.2) is 42.5 Å². The Bertz CT molecular complexity index is 516. The first kappa shape index (κ1) is 12.0. The number of benzene rings is 1. The molecule has 1 atom stereocenters. The Hall–Kier alpha value is -2.10. The number of nitrogens with zero attached hydrogens (tertiary/aromatic N) is 1. The number of carbonyl (C=O) groups is 2. The second kappa shape index (κ2) is 4.88. The molecule has 1 aliphatic heterocycles. The molecule has 0 saturated carbocycles. The first-order valence-electron chi connectivity index (χ1n) is 6.55. The van der Waals surface area contributed by atoms with E-state index in [1.165, 1.54) is 0 Å². The van der Waals surface area contributed by atoms with E-state index in [9.17, 15) is 9.59 Å². The van der Waals surface area contributed by atoms with Crippen molar-refractivity contribution in [1.82, 2.24) is 10.2 Å². The average molecular weight is 256 g/mol. The monoisotopic (exact) mass is 256 g/mol. The number of hydrogen-bond donors (Lipinski definition) is 1. The standard InChI is InChI=1S/C15H16N2O2/c18-13-10-17(12-8-4-5-9-12)15(19)14(16-13)11-6-2-1-3-7-11/h1-7,12,14H,8-10H2,(H,16,18). The highest BCUT2D eigenvalue weighted by atomic mass is 16.2. The van der Waals surface area contributed by atoms with E-state index in [-0.39, 0.29) is 24.4 Å². The first-order valence-corrected chi connectivity index (χ1v) is 6.55. The Morgan fingerprint density at radius 2 is 1.74 bits per heavy atom. The summed E-state index contributed by atoms with van der Waals surface area (Å²) in [6.45, 7) is 0.175. The maximum atomic E-state index is 12.5. The minimum Gasteiger partial charge on any atom is -0.339 e. The summed E-state index contributed by atoms with van der Waals surface area (Å²) in [4.78, 5) is 26.1. The van der Waals surface area contributed by atoms with Crippen LogP contribution in [-0.4, -0.2) is 29.3 Å². The third-order valence-electron chi connectivity index (χ3n) is 3.71. The van der Waals surface area contributed by atoms with E-state index in [0.29, 0.717) is 0 Å². The quantitative estimate of drug-likeness (QED) is 0.813. The molecule has 4 heteroatoms. The Balaban J connectivity index is 1.85. The fraction of sp³-hybridized carbons (Fsp3) is 0.333. The van der Waals surface area contributed by atoms with Crippen molar-refractivity contribution in [3.63, 3.8) is 0 Å². The van der Waals surface area contributed by atoms with Crippen LogP contribution in [0.2, 0.25) is 0 Å². The molecule has 98 valence electrons. The zero-order chi connectivity index (χ0) is 13.2. The molecular weight excluding hydrogens is 240 g/mol. The van der Waals surface area contributed by atoms with Gasteiger partial charge in [-0.05, 0) is 18.4 Å². The zero-order valence-electron chi connectivity index (χ0n) is 10.6. The van der Waals surface area contributed by atoms with Crippen LogP contribution in [0, 0.1) is 0 Å². The molecule has 0 spiro atoms. The molecule has 1 N–H and O–H groups in total.